The Morgan fingerprint density at radius 1 is 1.07 bits per heavy atom. The molecule has 1 atom stereocenters. The summed E-state index contributed by atoms with van der Waals surface area (Å²) in [5, 5.41) is 9.16. The lowest BCUT2D eigenvalue weighted by atomic mass is 9.96. The topological polar surface area (TPSA) is 79.5 Å². The fourth-order valence-electron chi connectivity index (χ4n) is 3.46. The van der Waals surface area contributed by atoms with Crippen LogP contribution < -0.4 is 20.7 Å². The van der Waals surface area contributed by atoms with Gasteiger partial charge in [0.2, 0.25) is 11.8 Å². The summed E-state index contributed by atoms with van der Waals surface area (Å²) in [6, 6.07) is 16.3. The van der Waals surface area contributed by atoms with E-state index in [0.717, 1.165) is 37.2 Å². The molecule has 3 N–H and O–H groups in total. The van der Waals surface area contributed by atoms with Crippen LogP contribution in [-0.4, -0.2) is 37.6 Å². The highest BCUT2D eigenvalue weighted by atomic mass is 35.5. The molecule has 1 aliphatic heterocycles. The van der Waals surface area contributed by atoms with Crippen molar-refractivity contribution in [2.75, 3.05) is 25.0 Å². The molecule has 2 aromatic rings. The van der Waals surface area contributed by atoms with E-state index in [-0.39, 0.29) is 30.1 Å². The molecule has 7 heteroatoms. The number of ether oxygens (including phenoxy) is 1. The van der Waals surface area contributed by atoms with Gasteiger partial charge in [0.1, 0.15) is 11.8 Å². The molecule has 1 heterocycles. The van der Waals surface area contributed by atoms with E-state index in [0.29, 0.717) is 18.7 Å². The zero-order valence-corrected chi connectivity index (χ0v) is 18.0. The number of rotatable bonds is 8. The third-order valence-electron chi connectivity index (χ3n) is 5.06. The average molecular weight is 432 g/mol. The van der Waals surface area contributed by atoms with Crippen LogP contribution in [0.1, 0.15) is 25.3 Å². The standard InChI is InChI=1S/C23H29N3O3.ClH/c1-2-29-20-10-8-19(9-11-20)25-23(28)21(16-17-6-4-3-5-7-17)26-22(27)18-12-14-24-15-13-18;/h3-11,18,21,24H,2,12-16H2,1H3,(H,25,28)(H,26,27);1H/t21-;/m0./s1. The predicted octanol–water partition coefficient (Wildman–Crippen LogP) is 3.17. The highest BCUT2D eigenvalue weighted by molar-refractivity contribution is 5.97. The SMILES string of the molecule is CCOc1ccc(NC(=O)[C@H](Cc2ccccc2)NC(=O)C2CCNCC2)cc1.Cl. The van der Waals surface area contributed by atoms with Crippen LogP contribution in [0.2, 0.25) is 0 Å². The second-order valence-electron chi connectivity index (χ2n) is 7.22. The van der Waals surface area contributed by atoms with Gasteiger partial charge in [-0.2, -0.15) is 0 Å². The first-order valence-corrected chi connectivity index (χ1v) is 10.2. The van der Waals surface area contributed by atoms with Gasteiger partial charge in [0, 0.05) is 18.0 Å². The largest absolute Gasteiger partial charge is 0.494 e. The molecular formula is C23H30ClN3O3. The number of hydrogen-bond acceptors (Lipinski definition) is 4. The fraction of sp³-hybridized carbons (Fsp3) is 0.391. The molecule has 0 unspecified atom stereocenters. The van der Waals surface area contributed by atoms with Crippen molar-refractivity contribution in [1.29, 1.82) is 0 Å². The quantitative estimate of drug-likeness (QED) is 0.599. The lowest BCUT2D eigenvalue weighted by Gasteiger charge is -2.25. The number of nitrogens with one attached hydrogen (secondary N) is 3. The molecule has 0 radical (unpaired) electrons. The minimum absolute atomic E-state index is 0. The Labute approximate surface area is 184 Å². The van der Waals surface area contributed by atoms with Gasteiger partial charge >= 0.3 is 0 Å². The van der Waals surface area contributed by atoms with Gasteiger partial charge in [-0.15, -0.1) is 12.4 Å². The molecule has 2 aromatic carbocycles. The van der Waals surface area contributed by atoms with Gasteiger partial charge in [-0.3, -0.25) is 9.59 Å². The van der Waals surface area contributed by atoms with Gasteiger partial charge in [-0.25, -0.2) is 0 Å². The van der Waals surface area contributed by atoms with Crippen LogP contribution in [-0.2, 0) is 16.0 Å². The maximum absolute atomic E-state index is 13.0. The Morgan fingerprint density at radius 2 is 1.73 bits per heavy atom. The number of piperidine rings is 1. The summed E-state index contributed by atoms with van der Waals surface area (Å²) in [5.74, 6) is 0.438. The molecule has 0 bridgehead atoms. The van der Waals surface area contributed by atoms with E-state index in [9.17, 15) is 9.59 Å². The van der Waals surface area contributed by atoms with Gasteiger partial charge in [-0.1, -0.05) is 30.3 Å². The molecule has 0 aliphatic carbocycles. The van der Waals surface area contributed by atoms with E-state index in [1.807, 2.05) is 49.4 Å². The minimum Gasteiger partial charge on any atom is -0.494 e. The molecule has 1 fully saturated rings. The van der Waals surface area contributed by atoms with E-state index in [2.05, 4.69) is 16.0 Å². The number of halogens is 1. The van der Waals surface area contributed by atoms with Crippen molar-refractivity contribution in [3.8, 4) is 5.75 Å². The third kappa shape index (κ3) is 7.04. The molecule has 30 heavy (non-hydrogen) atoms. The van der Waals surface area contributed by atoms with Gasteiger partial charge in [0.05, 0.1) is 6.61 Å². The first kappa shape index (κ1) is 23.7. The number of anilines is 1. The van der Waals surface area contributed by atoms with Crippen molar-refractivity contribution in [3.05, 3.63) is 60.2 Å². The number of amides is 2. The van der Waals surface area contributed by atoms with Crippen LogP contribution in [0.3, 0.4) is 0 Å². The van der Waals surface area contributed by atoms with Gasteiger partial charge < -0.3 is 20.7 Å². The lowest BCUT2D eigenvalue weighted by molar-refractivity contribution is -0.129. The van der Waals surface area contributed by atoms with Crippen LogP contribution in [0.4, 0.5) is 5.69 Å². The smallest absolute Gasteiger partial charge is 0.247 e. The summed E-state index contributed by atoms with van der Waals surface area (Å²) in [7, 11) is 0. The van der Waals surface area contributed by atoms with Crippen molar-refractivity contribution in [1.82, 2.24) is 10.6 Å². The van der Waals surface area contributed by atoms with Crippen molar-refractivity contribution < 1.29 is 14.3 Å². The maximum Gasteiger partial charge on any atom is 0.247 e. The van der Waals surface area contributed by atoms with Gasteiger partial charge in [-0.05, 0) is 62.7 Å². The van der Waals surface area contributed by atoms with Gasteiger partial charge in [0.25, 0.3) is 0 Å². The summed E-state index contributed by atoms with van der Waals surface area (Å²) in [6.45, 7) is 4.18. The lowest BCUT2D eigenvalue weighted by Crippen LogP contribution is -2.48. The zero-order valence-electron chi connectivity index (χ0n) is 17.2. The summed E-state index contributed by atoms with van der Waals surface area (Å²) in [6.07, 6.45) is 2.04. The first-order chi connectivity index (χ1) is 14.2. The second-order valence-corrected chi connectivity index (χ2v) is 7.22. The number of hydrogen-bond donors (Lipinski definition) is 3. The van der Waals surface area contributed by atoms with E-state index in [1.165, 1.54) is 0 Å². The predicted molar refractivity (Wildman–Crippen MR) is 121 cm³/mol. The van der Waals surface area contributed by atoms with Crippen molar-refractivity contribution in [2.45, 2.75) is 32.2 Å². The van der Waals surface area contributed by atoms with E-state index in [4.69, 9.17) is 4.74 Å². The molecule has 1 saturated heterocycles. The number of carbonyl (C=O) groups excluding carboxylic acids is 2. The van der Waals surface area contributed by atoms with Crippen LogP contribution in [0.5, 0.6) is 5.75 Å². The average Bonchev–Trinajstić information content (AvgIpc) is 2.76. The van der Waals surface area contributed by atoms with Crippen molar-refractivity contribution >= 4 is 29.9 Å². The highest BCUT2D eigenvalue weighted by Gasteiger charge is 2.27. The van der Waals surface area contributed by atoms with E-state index in [1.54, 1.807) is 12.1 Å². The minimum atomic E-state index is -0.633. The Kier molecular flexibility index (Phi) is 9.64. The molecule has 3 rings (SSSR count). The molecule has 0 aromatic heterocycles. The number of benzene rings is 2. The normalized spacial score (nSPS) is 14.8. The monoisotopic (exact) mass is 431 g/mol. The molecule has 0 saturated carbocycles. The van der Waals surface area contributed by atoms with Gasteiger partial charge in [0.15, 0.2) is 0 Å². The Balaban J connectivity index is 0.00000320. The summed E-state index contributed by atoms with van der Waals surface area (Å²) in [4.78, 5) is 25.7. The second kappa shape index (κ2) is 12.2. The Hall–Kier alpha value is -2.57. The Bertz CT molecular complexity index is 793. The van der Waals surface area contributed by atoms with E-state index >= 15 is 0 Å². The van der Waals surface area contributed by atoms with Crippen LogP contribution in [0.25, 0.3) is 0 Å². The molecule has 6 nitrogen and oxygen atoms in total. The molecule has 0 spiro atoms. The Morgan fingerprint density at radius 3 is 2.37 bits per heavy atom. The highest BCUT2D eigenvalue weighted by Crippen LogP contribution is 2.17. The number of carbonyl (C=O) groups is 2. The van der Waals surface area contributed by atoms with Crippen LogP contribution >= 0.6 is 12.4 Å². The fourth-order valence-corrected chi connectivity index (χ4v) is 3.46. The van der Waals surface area contributed by atoms with Crippen molar-refractivity contribution in [2.24, 2.45) is 5.92 Å². The molecule has 1 aliphatic rings. The van der Waals surface area contributed by atoms with Crippen LogP contribution in [0, 0.1) is 5.92 Å². The molecule has 162 valence electrons. The summed E-state index contributed by atoms with van der Waals surface area (Å²) >= 11 is 0. The molecular weight excluding hydrogens is 402 g/mol. The zero-order chi connectivity index (χ0) is 20.5. The maximum atomic E-state index is 13.0. The third-order valence-corrected chi connectivity index (χ3v) is 5.06. The summed E-state index contributed by atoms with van der Waals surface area (Å²) in [5.41, 5.74) is 1.68. The van der Waals surface area contributed by atoms with E-state index < -0.39 is 6.04 Å². The van der Waals surface area contributed by atoms with Crippen LogP contribution in [0.15, 0.2) is 54.6 Å². The first-order valence-electron chi connectivity index (χ1n) is 10.2. The summed E-state index contributed by atoms with van der Waals surface area (Å²) < 4.78 is 5.44. The van der Waals surface area contributed by atoms with Crippen molar-refractivity contribution in [3.63, 3.8) is 0 Å². The molecule has 2 amide bonds.